The van der Waals surface area contributed by atoms with Crippen molar-refractivity contribution in [1.82, 2.24) is 0 Å². The molecule has 0 N–H and O–H groups in total. The van der Waals surface area contributed by atoms with Gasteiger partial charge in [0.1, 0.15) is 0 Å². The zero-order valence-electron chi connectivity index (χ0n) is 4.71. The maximum absolute atomic E-state index is 4.60. The van der Waals surface area contributed by atoms with E-state index in [1.807, 2.05) is 0 Å². The highest BCUT2D eigenvalue weighted by Crippen LogP contribution is 1.94. The molecule has 1 aliphatic heterocycles. The molecule has 4 nitrogen and oxygen atoms in total. The Hall–Kier alpha value is -1.06. The summed E-state index contributed by atoms with van der Waals surface area (Å²) in [6.07, 6.45) is 0. The van der Waals surface area contributed by atoms with E-state index in [0.29, 0.717) is 11.8 Å². The molecule has 1 rings (SSSR count). The van der Waals surface area contributed by atoms with Crippen LogP contribution in [0.4, 0.5) is 0 Å². The Kier molecular flexibility index (Phi) is 1.15. The fourth-order valence-electron chi connectivity index (χ4n) is 0.294. The van der Waals surface area contributed by atoms with Crippen molar-refractivity contribution in [1.29, 1.82) is 0 Å². The minimum atomic E-state index is 0.426. The van der Waals surface area contributed by atoms with Crippen LogP contribution in [-0.2, 0) is 9.68 Å². The first kappa shape index (κ1) is 5.08. The quantitative estimate of drug-likeness (QED) is 0.465. The molecule has 0 bridgehead atoms. The summed E-state index contributed by atoms with van der Waals surface area (Å²) in [6.45, 7) is 3.33. The van der Waals surface area contributed by atoms with Gasteiger partial charge in [-0.2, -0.15) is 0 Å². The fourth-order valence-corrected chi connectivity index (χ4v) is 0.294. The molecule has 1 heterocycles. The first-order valence-corrected chi connectivity index (χ1v) is 2.22. The Morgan fingerprint density at radius 2 is 1.38 bits per heavy atom. The average Bonchev–Trinajstić information content (AvgIpc) is 1.77. The van der Waals surface area contributed by atoms with Crippen LogP contribution in [0.5, 0.6) is 0 Å². The van der Waals surface area contributed by atoms with E-state index in [0.717, 1.165) is 0 Å². The van der Waals surface area contributed by atoms with E-state index in [1.165, 1.54) is 0 Å². The van der Waals surface area contributed by atoms with Crippen molar-refractivity contribution in [3.05, 3.63) is 0 Å². The zero-order chi connectivity index (χ0) is 5.98. The highest BCUT2D eigenvalue weighted by molar-refractivity contribution is 5.79. The van der Waals surface area contributed by atoms with Crippen molar-refractivity contribution < 1.29 is 9.68 Å². The van der Waals surface area contributed by atoms with Gasteiger partial charge in [0.15, 0.2) is 0 Å². The zero-order valence-corrected chi connectivity index (χ0v) is 4.71. The summed E-state index contributed by atoms with van der Waals surface area (Å²) in [5.74, 6) is 0.853. The highest BCUT2D eigenvalue weighted by Gasteiger charge is 2.00. The van der Waals surface area contributed by atoms with Gasteiger partial charge in [-0.1, -0.05) is 0 Å². The summed E-state index contributed by atoms with van der Waals surface area (Å²) in [7, 11) is 0. The number of nitrogens with zero attached hydrogens (tertiary/aromatic N) is 2. The largest absolute Gasteiger partial charge is 0.335 e. The molecule has 0 spiro atoms. The molecule has 8 heavy (non-hydrogen) atoms. The van der Waals surface area contributed by atoms with E-state index >= 15 is 0 Å². The molecule has 0 radical (unpaired) electrons. The number of hydrogen-bond acceptors (Lipinski definition) is 4. The Bertz CT molecular complexity index is 132. The topological polar surface area (TPSA) is 43.2 Å². The van der Waals surface area contributed by atoms with Gasteiger partial charge >= 0.3 is 0 Å². The van der Waals surface area contributed by atoms with Crippen LogP contribution in [0, 0.1) is 0 Å². The number of oxime groups is 2. The van der Waals surface area contributed by atoms with Crippen LogP contribution in [0.1, 0.15) is 13.8 Å². The highest BCUT2D eigenvalue weighted by atomic mass is 16.7. The second-order valence-electron chi connectivity index (χ2n) is 1.40. The van der Waals surface area contributed by atoms with Crippen molar-refractivity contribution in [2.24, 2.45) is 10.3 Å². The summed E-state index contributed by atoms with van der Waals surface area (Å²) < 4.78 is 0. The second kappa shape index (κ2) is 1.81. The molecule has 0 atom stereocenters. The van der Waals surface area contributed by atoms with Gasteiger partial charge in [0, 0.05) is 13.8 Å². The van der Waals surface area contributed by atoms with Crippen LogP contribution in [-0.4, -0.2) is 11.8 Å². The molecule has 0 aliphatic carbocycles. The molecule has 0 fully saturated rings. The SMILES string of the molecule is CC1=NOC(C)=NO1. The molecule has 1 aliphatic rings. The minimum absolute atomic E-state index is 0.426. The van der Waals surface area contributed by atoms with Gasteiger partial charge in [-0.15, -0.1) is 0 Å². The molecular weight excluding hydrogens is 108 g/mol. The third kappa shape index (κ3) is 0.959. The predicted octanol–water partition coefficient (Wildman–Crippen LogP) is 0.700. The summed E-state index contributed by atoms with van der Waals surface area (Å²) >= 11 is 0. The molecule has 0 aromatic heterocycles. The Balaban J connectivity index is 2.54. The minimum Gasteiger partial charge on any atom is -0.335 e. The third-order valence-corrected chi connectivity index (χ3v) is 0.613. The molecule has 0 saturated carbocycles. The summed E-state index contributed by atoms with van der Waals surface area (Å²) in [4.78, 5) is 9.21. The van der Waals surface area contributed by atoms with Gasteiger partial charge in [0.2, 0.25) is 0 Å². The predicted molar refractivity (Wildman–Crippen MR) is 28.4 cm³/mol. The van der Waals surface area contributed by atoms with E-state index in [2.05, 4.69) is 20.0 Å². The van der Waals surface area contributed by atoms with Gasteiger partial charge < -0.3 is 9.68 Å². The molecular formula is C4H6N2O2. The third-order valence-electron chi connectivity index (χ3n) is 0.613. The second-order valence-corrected chi connectivity index (χ2v) is 1.40. The molecule has 0 amide bonds. The Morgan fingerprint density at radius 1 is 1.00 bits per heavy atom. The van der Waals surface area contributed by atoms with Gasteiger partial charge in [-0.3, -0.25) is 0 Å². The van der Waals surface area contributed by atoms with Crippen LogP contribution < -0.4 is 0 Å². The summed E-state index contributed by atoms with van der Waals surface area (Å²) in [5.41, 5.74) is 0. The first-order chi connectivity index (χ1) is 3.79. The van der Waals surface area contributed by atoms with Crippen LogP contribution in [0.3, 0.4) is 0 Å². The van der Waals surface area contributed by atoms with Crippen LogP contribution >= 0.6 is 0 Å². The van der Waals surface area contributed by atoms with Crippen molar-refractivity contribution in [3.8, 4) is 0 Å². The van der Waals surface area contributed by atoms with Crippen molar-refractivity contribution >= 4 is 11.8 Å². The Morgan fingerprint density at radius 3 is 1.62 bits per heavy atom. The van der Waals surface area contributed by atoms with Crippen molar-refractivity contribution in [2.45, 2.75) is 13.8 Å². The van der Waals surface area contributed by atoms with Gasteiger partial charge in [-0.05, 0) is 10.3 Å². The van der Waals surface area contributed by atoms with Gasteiger partial charge in [-0.25, -0.2) is 0 Å². The number of hydrogen-bond donors (Lipinski definition) is 0. The molecule has 4 heteroatoms. The fraction of sp³-hybridized carbons (Fsp3) is 0.500. The standard InChI is InChI=1S/C4H6N2O2/c1-3-5-8-4(2)6-7-3/h1-2H3. The lowest BCUT2D eigenvalue weighted by atomic mass is 10.8. The Labute approximate surface area is 46.8 Å². The van der Waals surface area contributed by atoms with Crippen LogP contribution in [0.15, 0.2) is 10.3 Å². The van der Waals surface area contributed by atoms with E-state index in [1.54, 1.807) is 13.8 Å². The summed E-state index contributed by atoms with van der Waals surface area (Å²) in [5, 5.41) is 6.95. The van der Waals surface area contributed by atoms with Gasteiger partial charge in [0.25, 0.3) is 11.8 Å². The van der Waals surface area contributed by atoms with E-state index in [-0.39, 0.29) is 0 Å². The van der Waals surface area contributed by atoms with Crippen LogP contribution in [0.2, 0.25) is 0 Å². The molecule has 0 aromatic carbocycles. The average molecular weight is 114 g/mol. The first-order valence-electron chi connectivity index (χ1n) is 2.22. The number of rotatable bonds is 0. The lowest BCUT2D eigenvalue weighted by Gasteiger charge is -2.03. The summed E-state index contributed by atoms with van der Waals surface area (Å²) in [6, 6.07) is 0. The molecule has 0 aromatic rings. The van der Waals surface area contributed by atoms with Crippen molar-refractivity contribution in [3.63, 3.8) is 0 Å². The molecule has 0 unspecified atom stereocenters. The lowest BCUT2D eigenvalue weighted by molar-refractivity contribution is 0.213. The van der Waals surface area contributed by atoms with E-state index in [4.69, 9.17) is 0 Å². The van der Waals surface area contributed by atoms with E-state index in [9.17, 15) is 0 Å². The molecule has 0 saturated heterocycles. The van der Waals surface area contributed by atoms with Gasteiger partial charge in [0.05, 0.1) is 0 Å². The maximum Gasteiger partial charge on any atom is 0.258 e. The smallest absolute Gasteiger partial charge is 0.258 e. The van der Waals surface area contributed by atoms with E-state index < -0.39 is 0 Å². The molecule has 44 valence electrons. The monoisotopic (exact) mass is 114 g/mol. The maximum atomic E-state index is 4.60. The lowest BCUT2D eigenvalue weighted by Crippen LogP contribution is -2.06. The van der Waals surface area contributed by atoms with Crippen LogP contribution in [0.25, 0.3) is 0 Å². The van der Waals surface area contributed by atoms with Crippen molar-refractivity contribution in [2.75, 3.05) is 0 Å². The normalized spacial score (nSPS) is 17.8.